The summed E-state index contributed by atoms with van der Waals surface area (Å²) in [5, 5.41) is 0. The van der Waals surface area contributed by atoms with Crippen LogP contribution in [-0.4, -0.2) is 18.4 Å². The average Bonchev–Trinajstić information content (AvgIpc) is 3.15. The van der Waals surface area contributed by atoms with Gasteiger partial charge in [-0.2, -0.15) is 8.78 Å². The molecule has 1 aliphatic rings. The van der Waals surface area contributed by atoms with Gasteiger partial charge in [0.2, 0.25) is 34.9 Å². The number of ether oxygens (including phenoxy) is 3. The fourth-order valence-electron chi connectivity index (χ4n) is 3.18. The summed E-state index contributed by atoms with van der Waals surface area (Å²) in [6.07, 6.45) is 1.39. The quantitative estimate of drug-likeness (QED) is 0.118. The Kier molecular flexibility index (Phi) is 6.25. The van der Waals surface area contributed by atoms with Crippen LogP contribution in [0.1, 0.15) is 21.5 Å². The fraction of sp³-hybridized carbons (Fsp3) is 0.0833. The number of carbonyl (C=O) groups excluding carboxylic acids is 2. The van der Waals surface area contributed by atoms with Crippen LogP contribution in [0.4, 0.5) is 26.3 Å². The van der Waals surface area contributed by atoms with Crippen molar-refractivity contribution in [3.05, 3.63) is 93.8 Å². The first kappa shape index (κ1) is 23.9. The molecule has 35 heavy (non-hydrogen) atoms. The number of halogens is 6. The van der Waals surface area contributed by atoms with Crippen LogP contribution in [0.25, 0.3) is 6.08 Å². The zero-order valence-corrected chi connectivity index (χ0v) is 17.6. The van der Waals surface area contributed by atoms with Gasteiger partial charge in [-0.3, -0.25) is 4.79 Å². The van der Waals surface area contributed by atoms with Crippen LogP contribution in [0.5, 0.6) is 17.2 Å². The number of benzene rings is 3. The second-order valence-corrected chi connectivity index (χ2v) is 7.22. The number of carbonyl (C=O) groups is 2. The molecule has 11 heteroatoms. The summed E-state index contributed by atoms with van der Waals surface area (Å²) in [6.45, 7) is 0.269. The van der Waals surface area contributed by atoms with E-state index in [1.165, 1.54) is 49.4 Å². The molecule has 0 unspecified atom stereocenters. The van der Waals surface area contributed by atoms with E-state index in [4.69, 9.17) is 9.47 Å². The monoisotopic (exact) mass is 494 g/mol. The van der Waals surface area contributed by atoms with E-state index in [0.29, 0.717) is 5.56 Å². The largest absolute Gasteiger partial charge is 0.476 e. The molecule has 0 fully saturated rings. The molecule has 0 aromatic heterocycles. The maximum Gasteiger partial charge on any atom is 0.349 e. The van der Waals surface area contributed by atoms with Crippen molar-refractivity contribution >= 4 is 17.8 Å². The Hall–Kier alpha value is -4.28. The topological polar surface area (TPSA) is 61.8 Å². The Morgan fingerprint density at radius 2 is 1.49 bits per heavy atom. The summed E-state index contributed by atoms with van der Waals surface area (Å²) in [4.78, 5) is 24.7. The van der Waals surface area contributed by atoms with Crippen molar-refractivity contribution in [3.63, 3.8) is 0 Å². The summed E-state index contributed by atoms with van der Waals surface area (Å²) >= 11 is 0. The van der Waals surface area contributed by atoms with Gasteiger partial charge >= 0.3 is 5.97 Å². The van der Waals surface area contributed by atoms with Crippen LogP contribution in [0.3, 0.4) is 0 Å². The Morgan fingerprint density at radius 3 is 2.11 bits per heavy atom. The van der Waals surface area contributed by atoms with E-state index < -0.39 is 59.0 Å². The fourth-order valence-corrected chi connectivity index (χ4v) is 3.18. The van der Waals surface area contributed by atoms with Gasteiger partial charge in [-0.15, -0.1) is 0 Å². The van der Waals surface area contributed by atoms with Crippen LogP contribution in [0.2, 0.25) is 0 Å². The molecule has 1 aliphatic heterocycles. The molecular weight excluding hydrogens is 482 g/mol. The highest BCUT2D eigenvalue weighted by atomic mass is 19.2. The molecular formula is C24H12F6O5. The summed E-state index contributed by atoms with van der Waals surface area (Å²) in [7, 11) is 0. The van der Waals surface area contributed by atoms with Gasteiger partial charge in [0.25, 0.3) is 0 Å². The average molecular weight is 494 g/mol. The van der Waals surface area contributed by atoms with Crippen LogP contribution in [0, 0.1) is 41.8 Å². The van der Waals surface area contributed by atoms with Crippen molar-refractivity contribution in [2.75, 3.05) is 6.61 Å². The Balaban J connectivity index is 1.50. The van der Waals surface area contributed by atoms with Gasteiger partial charge in [0.1, 0.15) is 17.3 Å². The lowest BCUT2D eigenvalue weighted by Crippen LogP contribution is -2.20. The maximum absolute atomic E-state index is 13.7. The molecule has 0 atom stereocenters. The predicted octanol–water partition coefficient (Wildman–Crippen LogP) is 5.43. The summed E-state index contributed by atoms with van der Waals surface area (Å²) in [5.41, 5.74) is 0.869. The van der Waals surface area contributed by atoms with Crippen molar-refractivity contribution in [1.82, 2.24) is 0 Å². The molecule has 3 aromatic rings. The normalized spacial score (nSPS) is 13.6. The molecule has 0 saturated carbocycles. The van der Waals surface area contributed by atoms with Crippen molar-refractivity contribution in [2.45, 2.75) is 6.92 Å². The van der Waals surface area contributed by atoms with E-state index in [2.05, 4.69) is 4.74 Å². The second kappa shape index (κ2) is 9.16. The molecule has 5 nitrogen and oxygen atoms in total. The van der Waals surface area contributed by atoms with Crippen LogP contribution < -0.4 is 14.2 Å². The first-order valence-electron chi connectivity index (χ1n) is 9.76. The SMILES string of the molecule is Cc1c(OC(=O)COc2c(F)c(F)c(F)c(F)c2F)ccc2c1O/C(=C\c1ccc(F)cc1)C2=O. The van der Waals surface area contributed by atoms with Crippen LogP contribution in [-0.2, 0) is 4.79 Å². The predicted molar refractivity (Wildman–Crippen MR) is 108 cm³/mol. The smallest absolute Gasteiger partial charge is 0.349 e. The van der Waals surface area contributed by atoms with E-state index in [9.17, 15) is 35.9 Å². The van der Waals surface area contributed by atoms with Gasteiger partial charge in [-0.1, -0.05) is 12.1 Å². The van der Waals surface area contributed by atoms with Gasteiger partial charge in [-0.25, -0.2) is 22.4 Å². The summed E-state index contributed by atoms with van der Waals surface area (Å²) in [5.74, 6) is -15.2. The number of hydrogen-bond donors (Lipinski definition) is 0. The Labute approximate surface area is 193 Å². The number of esters is 1. The molecule has 0 aliphatic carbocycles. The van der Waals surface area contributed by atoms with Crippen LogP contribution in [0.15, 0.2) is 42.2 Å². The number of hydrogen-bond acceptors (Lipinski definition) is 5. The Morgan fingerprint density at radius 1 is 0.886 bits per heavy atom. The molecule has 4 rings (SSSR count). The van der Waals surface area contributed by atoms with E-state index in [-0.39, 0.29) is 28.4 Å². The minimum atomic E-state index is -2.37. The van der Waals surface area contributed by atoms with Gasteiger partial charge in [-0.05, 0) is 42.8 Å². The second-order valence-electron chi connectivity index (χ2n) is 7.22. The third-order valence-electron chi connectivity index (χ3n) is 4.93. The number of allylic oxidation sites excluding steroid dienone is 1. The molecule has 0 amide bonds. The number of ketones is 1. The zero-order valence-electron chi connectivity index (χ0n) is 17.6. The van der Waals surface area contributed by atoms with Gasteiger partial charge in [0, 0.05) is 5.56 Å². The minimum Gasteiger partial charge on any atom is -0.476 e. The molecule has 0 saturated heterocycles. The molecule has 0 N–H and O–H groups in total. The van der Waals surface area contributed by atoms with Gasteiger partial charge in [0.15, 0.2) is 18.1 Å². The Bertz CT molecular complexity index is 1370. The summed E-state index contributed by atoms with van der Waals surface area (Å²) in [6, 6.07) is 7.85. The number of Topliss-reactive ketones (excluding diaryl/α,β-unsaturated/α-hetero) is 1. The van der Waals surface area contributed by atoms with Crippen molar-refractivity contribution in [2.24, 2.45) is 0 Å². The molecule has 0 radical (unpaired) electrons. The van der Waals surface area contributed by atoms with Gasteiger partial charge < -0.3 is 14.2 Å². The molecule has 1 heterocycles. The van der Waals surface area contributed by atoms with E-state index in [0.717, 1.165) is 0 Å². The maximum atomic E-state index is 13.7. The van der Waals surface area contributed by atoms with Gasteiger partial charge in [0.05, 0.1) is 5.56 Å². The third kappa shape index (κ3) is 4.44. The molecule has 0 spiro atoms. The lowest BCUT2D eigenvalue weighted by molar-refractivity contribution is -0.136. The van der Waals surface area contributed by atoms with E-state index in [1.807, 2.05) is 0 Å². The molecule has 3 aromatic carbocycles. The summed E-state index contributed by atoms with van der Waals surface area (Å²) < 4.78 is 95.1. The highest BCUT2D eigenvalue weighted by Crippen LogP contribution is 2.39. The lowest BCUT2D eigenvalue weighted by Gasteiger charge is -2.12. The molecule has 0 bridgehead atoms. The van der Waals surface area contributed by atoms with Crippen molar-refractivity contribution in [1.29, 1.82) is 0 Å². The van der Waals surface area contributed by atoms with Crippen LogP contribution >= 0.6 is 0 Å². The molecule has 180 valence electrons. The standard InChI is InChI=1S/C24H12F6O5/c1-10-14(34-16(31)9-33-24-20(29)18(27)17(26)19(28)21(24)30)7-6-13-22(32)15(35-23(10)13)8-11-2-4-12(25)5-3-11/h2-8H,9H2,1H3/b15-8-. The first-order valence-corrected chi connectivity index (χ1v) is 9.76. The highest BCUT2D eigenvalue weighted by molar-refractivity contribution is 6.15. The lowest BCUT2D eigenvalue weighted by atomic mass is 10.1. The van der Waals surface area contributed by atoms with E-state index >= 15 is 0 Å². The third-order valence-corrected chi connectivity index (χ3v) is 4.93. The van der Waals surface area contributed by atoms with E-state index in [1.54, 1.807) is 0 Å². The zero-order chi connectivity index (χ0) is 25.4. The number of fused-ring (bicyclic) bond motifs is 1. The minimum absolute atomic E-state index is 0.0622. The van der Waals surface area contributed by atoms with Crippen molar-refractivity contribution in [3.8, 4) is 17.2 Å². The van der Waals surface area contributed by atoms with Crippen molar-refractivity contribution < 1.29 is 50.1 Å². The highest BCUT2D eigenvalue weighted by Gasteiger charge is 2.31. The number of rotatable bonds is 5. The first-order chi connectivity index (χ1) is 16.6.